The van der Waals surface area contributed by atoms with Gasteiger partial charge in [0, 0.05) is 57.8 Å². The molecular formula is C29H38N4O2. The molecule has 5 rings (SSSR count). The average molecular weight is 475 g/mol. The molecule has 0 spiro atoms. The first-order chi connectivity index (χ1) is 17.1. The lowest BCUT2D eigenvalue weighted by molar-refractivity contribution is -0.144. The van der Waals surface area contributed by atoms with E-state index in [-0.39, 0.29) is 29.8 Å². The van der Waals surface area contributed by atoms with Crippen LogP contribution in [0.25, 0.3) is 0 Å². The Labute approximate surface area is 209 Å². The van der Waals surface area contributed by atoms with Crippen molar-refractivity contribution in [1.82, 2.24) is 20.0 Å². The van der Waals surface area contributed by atoms with Crippen LogP contribution >= 0.6 is 0 Å². The minimum Gasteiger partial charge on any atom is -0.338 e. The number of piperazine rings is 1. The van der Waals surface area contributed by atoms with Gasteiger partial charge in [-0.3, -0.25) is 14.5 Å². The number of rotatable bonds is 8. The summed E-state index contributed by atoms with van der Waals surface area (Å²) in [6.45, 7) is 7.67. The summed E-state index contributed by atoms with van der Waals surface area (Å²) in [6.07, 6.45) is 3.61. The van der Waals surface area contributed by atoms with E-state index in [0.717, 1.165) is 65.0 Å². The number of nitrogens with zero attached hydrogens (tertiary/aromatic N) is 3. The Morgan fingerprint density at radius 2 is 1.69 bits per heavy atom. The van der Waals surface area contributed by atoms with Crippen LogP contribution in [-0.4, -0.2) is 77.9 Å². The van der Waals surface area contributed by atoms with E-state index >= 15 is 0 Å². The van der Waals surface area contributed by atoms with Crippen molar-refractivity contribution in [2.24, 2.45) is 5.92 Å². The summed E-state index contributed by atoms with van der Waals surface area (Å²) in [5, 5.41) is 3.33. The van der Waals surface area contributed by atoms with E-state index in [1.165, 1.54) is 16.7 Å². The average Bonchev–Trinajstić information content (AvgIpc) is 3.66. The number of carbonyl (C=O) groups excluding carboxylic acids is 2. The molecule has 35 heavy (non-hydrogen) atoms. The van der Waals surface area contributed by atoms with Gasteiger partial charge < -0.3 is 15.1 Å². The molecule has 6 nitrogen and oxygen atoms in total. The van der Waals surface area contributed by atoms with Crippen LogP contribution < -0.4 is 5.32 Å². The Bertz CT molecular complexity index is 1020. The summed E-state index contributed by atoms with van der Waals surface area (Å²) >= 11 is 0. The number of aryl methyl sites for hydroxylation is 1. The minimum atomic E-state index is -0.331. The zero-order valence-corrected chi connectivity index (χ0v) is 20.9. The molecule has 0 bridgehead atoms. The molecule has 2 aromatic carbocycles. The van der Waals surface area contributed by atoms with Crippen molar-refractivity contribution >= 4 is 11.8 Å². The number of likely N-dealkylation sites (tertiary alicyclic amines) is 1. The van der Waals surface area contributed by atoms with Gasteiger partial charge in [-0.2, -0.15) is 0 Å². The maximum atomic E-state index is 13.6. The molecule has 2 aromatic rings. The highest BCUT2D eigenvalue weighted by Gasteiger charge is 2.46. The second-order valence-corrected chi connectivity index (χ2v) is 10.4. The van der Waals surface area contributed by atoms with E-state index in [2.05, 4.69) is 71.7 Å². The number of hydrogen-bond donors (Lipinski definition) is 1. The summed E-state index contributed by atoms with van der Waals surface area (Å²) in [5.74, 6) is 0.461. The van der Waals surface area contributed by atoms with Crippen LogP contribution in [0.4, 0.5) is 0 Å². The highest BCUT2D eigenvalue weighted by Crippen LogP contribution is 2.35. The van der Waals surface area contributed by atoms with Crippen molar-refractivity contribution in [2.45, 2.75) is 51.2 Å². The summed E-state index contributed by atoms with van der Waals surface area (Å²) in [5.41, 5.74) is 3.92. The van der Waals surface area contributed by atoms with Crippen molar-refractivity contribution in [1.29, 1.82) is 0 Å². The van der Waals surface area contributed by atoms with Crippen LogP contribution in [0.3, 0.4) is 0 Å². The van der Waals surface area contributed by atoms with Gasteiger partial charge in [-0.25, -0.2) is 0 Å². The molecule has 0 radical (unpaired) electrons. The number of benzene rings is 2. The summed E-state index contributed by atoms with van der Waals surface area (Å²) < 4.78 is 0. The maximum Gasteiger partial charge on any atom is 0.245 e. The molecule has 1 saturated carbocycles. The van der Waals surface area contributed by atoms with Crippen LogP contribution in [0.1, 0.15) is 36.0 Å². The Morgan fingerprint density at radius 3 is 2.40 bits per heavy atom. The van der Waals surface area contributed by atoms with Crippen molar-refractivity contribution in [2.75, 3.05) is 39.3 Å². The predicted octanol–water partition coefficient (Wildman–Crippen LogP) is 2.85. The second kappa shape index (κ2) is 10.9. The van der Waals surface area contributed by atoms with Crippen molar-refractivity contribution in [3.63, 3.8) is 0 Å². The van der Waals surface area contributed by atoms with Gasteiger partial charge in [0.2, 0.25) is 11.8 Å². The monoisotopic (exact) mass is 474 g/mol. The Morgan fingerprint density at radius 1 is 0.971 bits per heavy atom. The second-order valence-electron chi connectivity index (χ2n) is 10.4. The Kier molecular flexibility index (Phi) is 7.49. The van der Waals surface area contributed by atoms with Crippen LogP contribution in [0.2, 0.25) is 0 Å². The molecule has 2 aliphatic heterocycles. The van der Waals surface area contributed by atoms with Crippen LogP contribution in [-0.2, 0) is 22.6 Å². The zero-order valence-electron chi connectivity index (χ0n) is 20.9. The molecule has 186 valence electrons. The Hall–Kier alpha value is -2.70. The standard InChI is InChI=1S/C29H38N4O2/c1-22-7-5-6-10-25(22)20-32(16-13-23-8-3-2-4-9-23)26-19-27(29(35)31-17-14-30-15-18-31)33(21-26)28(34)24-11-12-24/h2-10,24,26-27,30H,11-21H2,1H3. The minimum absolute atomic E-state index is 0.126. The van der Waals surface area contributed by atoms with Gasteiger partial charge in [-0.15, -0.1) is 0 Å². The fourth-order valence-electron chi connectivity index (χ4n) is 5.53. The van der Waals surface area contributed by atoms with Crippen molar-refractivity contribution < 1.29 is 9.59 Å². The molecule has 2 unspecified atom stereocenters. The molecule has 2 saturated heterocycles. The predicted molar refractivity (Wildman–Crippen MR) is 138 cm³/mol. The molecular weight excluding hydrogens is 436 g/mol. The highest BCUT2D eigenvalue weighted by atomic mass is 16.2. The van der Waals surface area contributed by atoms with Crippen LogP contribution in [0, 0.1) is 12.8 Å². The van der Waals surface area contributed by atoms with Crippen LogP contribution in [0.5, 0.6) is 0 Å². The zero-order chi connectivity index (χ0) is 24.2. The smallest absolute Gasteiger partial charge is 0.245 e. The first-order valence-corrected chi connectivity index (χ1v) is 13.2. The number of amides is 2. The molecule has 0 aromatic heterocycles. The van der Waals surface area contributed by atoms with Gasteiger partial charge in [0.25, 0.3) is 0 Å². The first kappa shape index (κ1) is 24.0. The maximum absolute atomic E-state index is 13.6. The number of hydrogen-bond acceptors (Lipinski definition) is 4. The van der Waals surface area contributed by atoms with Gasteiger partial charge in [0.15, 0.2) is 0 Å². The molecule has 2 atom stereocenters. The summed E-state index contributed by atoms with van der Waals surface area (Å²) in [6, 6.07) is 19.0. The third kappa shape index (κ3) is 5.76. The highest BCUT2D eigenvalue weighted by molar-refractivity contribution is 5.90. The fraction of sp³-hybridized carbons (Fsp3) is 0.517. The number of nitrogens with one attached hydrogen (secondary N) is 1. The molecule has 1 N–H and O–H groups in total. The lowest BCUT2D eigenvalue weighted by Crippen LogP contribution is -2.53. The van der Waals surface area contributed by atoms with Gasteiger partial charge >= 0.3 is 0 Å². The topological polar surface area (TPSA) is 55.9 Å². The van der Waals surface area contributed by atoms with Crippen LogP contribution in [0.15, 0.2) is 54.6 Å². The van der Waals surface area contributed by atoms with E-state index in [0.29, 0.717) is 6.54 Å². The summed E-state index contributed by atoms with van der Waals surface area (Å²) in [4.78, 5) is 33.3. The van der Waals surface area contributed by atoms with Crippen molar-refractivity contribution in [3.05, 3.63) is 71.3 Å². The van der Waals surface area contributed by atoms with Gasteiger partial charge in [-0.1, -0.05) is 54.6 Å². The third-order valence-electron chi connectivity index (χ3n) is 7.88. The quantitative estimate of drug-likeness (QED) is 0.639. The van der Waals surface area contributed by atoms with Gasteiger partial charge in [-0.05, 0) is 49.3 Å². The fourth-order valence-corrected chi connectivity index (χ4v) is 5.53. The molecule has 1 aliphatic carbocycles. The van der Waals surface area contributed by atoms with E-state index in [1.54, 1.807) is 0 Å². The lowest BCUT2D eigenvalue weighted by atomic mass is 10.0. The third-order valence-corrected chi connectivity index (χ3v) is 7.88. The van der Waals surface area contributed by atoms with E-state index < -0.39 is 0 Å². The van der Waals surface area contributed by atoms with Crippen molar-refractivity contribution in [3.8, 4) is 0 Å². The normalized spacial score (nSPS) is 22.6. The molecule has 6 heteroatoms. The SMILES string of the molecule is Cc1ccccc1CN(CCc1ccccc1)C1CC(C(=O)N2CCNCC2)N(C(=O)C2CC2)C1. The molecule has 2 amide bonds. The van der Waals surface area contributed by atoms with E-state index in [1.807, 2.05) is 9.80 Å². The Balaban J connectivity index is 1.37. The molecule has 3 aliphatic rings. The van der Waals surface area contributed by atoms with E-state index in [9.17, 15) is 9.59 Å². The lowest BCUT2D eigenvalue weighted by Gasteiger charge is -2.32. The summed E-state index contributed by atoms with van der Waals surface area (Å²) in [7, 11) is 0. The van der Waals surface area contributed by atoms with E-state index in [4.69, 9.17) is 0 Å². The van der Waals surface area contributed by atoms with Gasteiger partial charge in [0.05, 0.1) is 0 Å². The largest absolute Gasteiger partial charge is 0.338 e. The molecule has 2 heterocycles. The number of carbonyl (C=O) groups is 2. The first-order valence-electron chi connectivity index (χ1n) is 13.2. The van der Waals surface area contributed by atoms with Gasteiger partial charge in [0.1, 0.15) is 6.04 Å². The molecule has 3 fully saturated rings.